The summed E-state index contributed by atoms with van der Waals surface area (Å²) in [6, 6.07) is 8.95. The molecule has 2 aromatic carbocycles. The lowest BCUT2D eigenvalue weighted by atomic mass is 10.1. The summed E-state index contributed by atoms with van der Waals surface area (Å²) in [5.74, 6) is -1.45. The third-order valence-electron chi connectivity index (χ3n) is 4.00. The Morgan fingerprint density at radius 3 is 2.17 bits per heavy atom. The highest BCUT2D eigenvalue weighted by atomic mass is 35.5. The summed E-state index contributed by atoms with van der Waals surface area (Å²) in [7, 11) is -2.78. The average molecular weight is 459 g/mol. The minimum atomic E-state index is -3.97. The van der Waals surface area contributed by atoms with Gasteiger partial charge < -0.3 is 10.1 Å². The maximum Gasteiger partial charge on any atom is 0.324 e. The van der Waals surface area contributed by atoms with Gasteiger partial charge in [-0.3, -0.25) is 9.59 Å². The number of sulfonamides is 1. The van der Waals surface area contributed by atoms with Crippen LogP contribution >= 0.6 is 23.2 Å². The average Bonchev–Trinajstić information content (AvgIpc) is 2.65. The predicted molar refractivity (Wildman–Crippen MR) is 112 cm³/mol. The van der Waals surface area contributed by atoms with Crippen LogP contribution < -0.4 is 10.0 Å². The molecule has 0 radical (unpaired) electrons. The number of esters is 1. The summed E-state index contributed by atoms with van der Waals surface area (Å²) >= 11 is 11.8. The van der Waals surface area contributed by atoms with Gasteiger partial charge in [-0.05, 0) is 48.4 Å². The highest BCUT2D eigenvalue weighted by Crippen LogP contribution is 2.23. The van der Waals surface area contributed by atoms with Gasteiger partial charge in [-0.2, -0.15) is 4.72 Å². The van der Waals surface area contributed by atoms with E-state index < -0.39 is 27.9 Å². The van der Waals surface area contributed by atoms with Gasteiger partial charge in [0.1, 0.15) is 6.04 Å². The van der Waals surface area contributed by atoms with Gasteiger partial charge >= 0.3 is 5.97 Å². The molecule has 29 heavy (non-hydrogen) atoms. The molecule has 2 aromatic rings. The second-order valence-electron chi connectivity index (χ2n) is 6.47. The Bertz CT molecular complexity index is 1010. The number of benzene rings is 2. The Morgan fingerprint density at radius 1 is 1.03 bits per heavy atom. The summed E-state index contributed by atoms with van der Waals surface area (Å²) in [6.07, 6.45) is 0. The molecule has 0 fully saturated rings. The van der Waals surface area contributed by atoms with Crippen molar-refractivity contribution in [2.24, 2.45) is 5.92 Å². The quantitative estimate of drug-likeness (QED) is 0.615. The Kier molecular flexibility index (Phi) is 7.65. The van der Waals surface area contributed by atoms with E-state index in [4.69, 9.17) is 23.2 Å². The van der Waals surface area contributed by atoms with E-state index in [1.54, 1.807) is 13.8 Å². The zero-order valence-corrected chi connectivity index (χ0v) is 18.2. The molecule has 0 aliphatic heterocycles. The van der Waals surface area contributed by atoms with Crippen LogP contribution in [0.15, 0.2) is 47.4 Å². The molecule has 0 spiro atoms. The van der Waals surface area contributed by atoms with E-state index in [9.17, 15) is 18.0 Å². The zero-order valence-electron chi connectivity index (χ0n) is 15.9. The number of ether oxygens (including phenoxy) is 1. The first-order valence-electron chi connectivity index (χ1n) is 8.51. The Balaban J connectivity index is 2.16. The maximum absolute atomic E-state index is 12.6. The third kappa shape index (κ3) is 5.93. The molecule has 0 aliphatic rings. The SMILES string of the molecule is COC(=O)[C@H](NS(=O)(=O)c1ccc(NC(=O)c2ccc(Cl)cc2Cl)cc1)C(C)C. The molecular weight excluding hydrogens is 439 g/mol. The number of rotatable bonds is 7. The third-order valence-corrected chi connectivity index (χ3v) is 6.01. The molecule has 156 valence electrons. The van der Waals surface area contributed by atoms with Crippen molar-refractivity contribution in [3.63, 3.8) is 0 Å². The fraction of sp³-hybridized carbons (Fsp3) is 0.263. The summed E-state index contributed by atoms with van der Waals surface area (Å²) < 4.78 is 32.1. The van der Waals surface area contributed by atoms with Crippen LogP contribution in [0, 0.1) is 5.92 Å². The number of carbonyl (C=O) groups is 2. The van der Waals surface area contributed by atoms with Crippen molar-refractivity contribution in [3.8, 4) is 0 Å². The second kappa shape index (κ2) is 9.58. The molecule has 7 nitrogen and oxygen atoms in total. The minimum Gasteiger partial charge on any atom is -0.468 e. The number of amides is 1. The van der Waals surface area contributed by atoms with Crippen LogP contribution in [0.2, 0.25) is 10.0 Å². The van der Waals surface area contributed by atoms with Crippen LogP contribution in [0.25, 0.3) is 0 Å². The van der Waals surface area contributed by atoms with Crippen LogP contribution in [-0.2, 0) is 19.6 Å². The molecular formula is C19H20Cl2N2O5S. The standard InChI is InChI=1S/C19H20Cl2N2O5S/c1-11(2)17(19(25)28-3)23-29(26,27)14-7-5-13(6-8-14)22-18(24)15-9-4-12(20)10-16(15)21/h4-11,17,23H,1-3H3,(H,22,24)/t17-/m1/s1. The molecule has 0 saturated carbocycles. The highest BCUT2D eigenvalue weighted by Gasteiger charge is 2.29. The van der Waals surface area contributed by atoms with Crippen molar-refractivity contribution >= 4 is 50.8 Å². The number of hydrogen-bond donors (Lipinski definition) is 2. The van der Waals surface area contributed by atoms with Gasteiger partial charge in [-0.1, -0.05) is 37.0 Å². The van der Waals surface area contributed by atoms with Crippen LogP contribution in [0.4, 0.5) is 5.69 Å². The van der Waals surface area contributed by atoms with Gasteiger partial charge in [0.15, 0.2) is 0 Å². The Labute approximate surface area is 179 Å². The fourth-order valence-corrected chi connectivity index (χ4v) is 4.24. The monoisotopic (exact) mass is 458 g/mol. The minimum absolute atomic E-state index is 0.0606. The lowest BCUT2D eigenvalue weighted by Gasteiger charge is -2.19. The molecule has 10 heteroatoms. The second-order valence-corrected chi connectivity index (χ2v) is 9.03. The first-order chi connectivity index (χ1) is 13.5. The Hall–Kier alpha value is -2.13. The summed E-state index contributed by atoms with van der Waals surface area (Å²) in [5, 5.41) is 3.23. The van der Waals surface area contributed by atoms with Crippen LogP contribution in [0.3, 0.4) is 0 Å². The van der Waals surface area contributed by atoms with E-state index in [1.165, 1.54) is 49.6 Å². The zero-order chi connectivity index (χ0) is 21.8. The van der Waals surface area contributed by atoms with E-state index >= 15 is 0 Å². The van der Waals surface area contributed by atoms with Crippen LogP contribution in [-0.4, -0.2) is 33.4 Å². The molecule has 0 unspecified atom stereocenters. The molecule has 0 aromatic heterocycles. The lowest BCUT2D eigenvalue weighted by molar-refractivity contribution is -0.143. The van der Waals surface area contributed by atoms with E-state index in [0.717, 1.165) is 0 Å². The number of methoxy groups -OCH3 is 1. The van der Waals surface area contributed by atoms with Gasteiger partial charge in [-0.25, -0.2) is 8.42 Å². The van der Waals surface area contributed by atoms with Crippen LogP contribution in [0.5, 0.6) is 0 Å². The smallest absolute Gasteiger partial charge is 0.324 e. The summed E-state index contributed by atoms with van der Waals surface area (Å²) in [6.45, 7) is 3.40. The van der Waals surface area contributed by atoms with Crippen LogP contribution in [0.1, 0.15) is 24.2 Å². The molecule has 2 rings (SSSR count). The molecule has 1 amide bonds. The van der Waals surface area contributed by atoms with Gasteiger partial charge in [0.25, 0.3) is 5.91 Å². The number of hydrogen-bond acceptors (Lipinski definition) is 5. The highest BCUT2D eigenvalue weighted by molar-refractivity contribution is 7.89. The lowest BCUT2D eigenvalue weighted by Crippen LogP contribution is -2.44. The first kappa shape index (κ1) is 23.2. The molecule has 0 saturated heterocycles. The number of anilines is 1. The topological polar surface area (TPSA) is 102 Å². The number of nitrogens with one attached hydrogen (secondary N) is 2. The van der Waals surface area contributed by atoms with Gasteiger partial charge in [0.05, 0.1) is 22.6 Å². The fourth-order valence-electron chi connectivity index (χ4n) is 2.41. The van der Waals surface area contributed by atoms with Crippen molar-refractivity contribution in [1.82, 2.24) is 4.72 Å². The number of halogens is 2. The van der Waals surface area contributed by atoms with E-state index in [0.29, 0.717) is 10.7 Å². The van der Waals surface area contributed by atoms with Gasteiger partial charge in [-0.15, -0.1) is 0 Å². The van der Waals surface area contributed by atoms with Crippen molar-refractivity contribution < 1.29 is 22.7 Å². The molecule has 0 aliphatic carbocycles. The first-order valence-corrected chi connectivity index (χ1v) is 10.8. The normalized spacial score (nSPS) is 12.5. The van der Waals surface area contributed by atoms with E-state index in [-0.39, 0.29) is 21.4 Å². The largest absolute Gasteiger partial charge is 0.468 e. The van der Waals surface area contributed by atoms with Crippen molar-refractivity contribution in [2.75, 3.05) is 12.4 Å². The van der Waals surface area contributed by atoms with Gasteiger partial charge in [0, 0.05) is 10.7 Å². The Morgan fingerprint density at radius 2 is 1.66 bits per heavy atom. The summed E-state index contributed by atoms with van der Waals surface area (Å²) in [4.78, 5) is 24.1. The molecule has 1 atom stereocenters. The van der Waals surface area contributed by atoms with E-state index in [2.05, 4.69) is 14.8 Å². The van der Waals surface area contributed by atoms with Crippen molar-refractivity contribution in [2.45, 2.75) is 24.8 Å². The summed E-state index contributed by atoms with van der Waals surface area (Å²) in [5.41, 5.74) is 0.598. The van der Waals surface area contributed by atoms with E-state index in [1.807, 2.05) is 0 Å². The van der Waals surface area contributed by atoms with Gasteiger partial charge in [0.2, 0.25) is 10.0 Å². The molecule has 0 heterocycles. The maximum atomic E-state index is 12.6. The molecule has 0 bridgehead atoms. The molecule has 2 N–H and O–H groups in total. The van der Waals surface area contributed by atoms with Crippen molar-refractivity contribution in [3.05, 3.63) is 58.1 Å². The van der Waals surface area contributed by atoms with Crippen molar-refractivity contribution in [1.29, 1.82) is 0 Å². The predicted octanol–water partition coefficient (Wildman–Crippen LogP) is 3.72. The number of carbonyl (C=O) groups excluding carboxylic acids is 2.